The average Bonchev–Trinajstić information content (AvgIpc) is 2.46. The Balaban J connectivity index is 2.14. The molecule has 0 bridgehead atoms. The van der Waals surface area contributed by atoms with E-state index in [-0.39, 0.29) is 12.0 Å². The highest BCUT2D eigenvalue weighted by molar-refractivity contribution is 5.70. The predicted molar refractivity (Wildman–Crippen MR) is 68.2 cm³/mol. The standard InChI is InChI=1S/C14H19NO3/c1-17-14(16)11-13(12-5-3-2-4-6-12)15-7-9-18-10-8-15/h2-6,13H,7-11H2,1H3/t13-/m1/s1. The lowest BCUT2D eigenvalue weighted by molar-refractivity contribution is -0.142. The summed E-state index contributed by atoms with van der Waals surface area (Å²) < 4.78 is 10.2. The van der Waals surface area contributed by atoms with Crippen LogP contribution in [0.3, 0.4) is 0 Å². The largest absolute Gasteiger partial charge is 0.469 e. The van der Waals surface area contributed by atoms with Crippen molar-refractivity contribution in [1.82, 2.24) is 4.90 Å². The summed E-state index contributed by atoms with van der Waals surface area (Å²) in [6.45, 7) is 3.17. The quantitative estimate of drug-likeness (QED) is 0.760. The van der Waals surface area contributed by atoms with Gasteiger partial charge in [-0.1, -0.05) is 30.3 Å². The molecular weight excluding hydrogens is 230 g/mol. The molecule has 1 aromatic carbocycles. The molecule has 1 heterocycles. The van der Waals surface area contributed by atoms with Gasteiger partial charge in [-0.15, -0.1) is 0 Å². The number of nitrogens with zero attached hydrogens (tertiary/aromatic N) is 1. The number of hydrogen-bond acceptors (Lipinski definition) is 4. The first kappa shape index (κ1) is 13.1. The van der Waals surface area contributed by atoms with Gasteiger partial charge in [0.25, 0.3) is 0 Å². The molecule has 1 atom stereocenters. The molecule has 0 spiro atoms. The maximum absolute atomic E-state index is 11.6. The molecule has 0 radical (unpaired) electrons. The molecule has 2 rings (SSSR count). The zero-order valence-electron chi connectivity index (χ0n) is 10.7. The van der Waals surface area contributed by atoms with E-state index in [1.54, 1.807) is 0 Å². The monoisotopic (exact) mass is 249 g/mol. The first-order chi connectivity index (χ1) is 8.81. The Labute approximate surface area is 107 Å². The smallest absolute Gasteiger partial charge is 0.307 e. The van der Waals surface area contributed by atoms with E-state index >= 15 is 0 Å². The third-order valence-electron chi connectivity index (χ3n) is 3.26. The number of benzene rings is 1. The van der Waals surface area contributed by atoms with Crippen LogP contribution in [-0.4, -0.2) is 44.3 Å². The Morgan fingerprint density at radius 1 is 1.33 bits per heavy atom. The van der Waals surface area contributed by atoms with E-state index in [9.17, 15) is 4.79 Å². The Bertz CT molecular complexity index is 374. The Morgan fingerprint density at radius 3 is 2.61 bits per heavy atom. The van der Waals surface area contributed by atoms with Crippen LogP contribution in [0.25, 0.3) is 0 Å². The van der Waals surface area contributed by atoms with Crippen LogP contribution in [0.1, 0.15) is 18.0 Å². The minimum absolute atomic E-state index is 0.0857. The number of carbonyl (C=O) groups excluding carboxylic acids is 1. The zero-order valence-corrected chi connectivity index (χ0v) is 10.7. The van der Waals surface area contributed by atoms with Gasteiger partial charge in [-0.3, -0.25) is 9.69 Å². The first-order valence-corrected chi connectivity index (χ1v) is 6.25. The van der Waals surface area contributed by atoms with Crippen molar-refractivity contribution >= 4 is 5.97 Å². The van der Waals surface area contributed by atoms with Crippen LogP contribution in [0.5, 0.6) is 0 Å². The van der Waals surface area contributed by atoms with E-state index in [0.29, 0.717) is 6.42 Å². The molecule has 4 nitrogen and oxygen atoms in total. The highest BCUT2D eigenvalue weighted by Gasteiger charge is 2.25. The number of morpholine rings is 1. The third kappa shape index (κ3) is 3.31. The molecule has 0 amide bonds. The van der Waals surface area contributed by atoms with Crippen LogP contribution in [0.15, 0.2) is 30.3 Å². The van der Waals surface area contributed by atoms with Crippen molar-refractivity contribution in [3.05, 3.63) is 35.9 Å². The van der Waals surface area contributed by atoms with E-state index in [1.165, 1.54) is 7.11 Å². The summed E-state index contributed by atoms with van der Waals surface area (Å²) in [5, 5.41) is 0. The minimum atomic E-state index is -0.171. The molecule has 0 aromatic heterocycles. The number of rotatable bonds is 4. The third-order valence-corrected chi connectivity index (χ3v) is 3.26. The second-order valence-electron chi connectivity index (χ2n) is 4.36. The molecule has 0 N–H and O–H groups in total. The van der Waals surface area contributed by atoms with Crippen molar-refractivity contribution < 1.29 is 14.3 Å². The molecule has 18 heavy (non-hydrogen) atoms. The van der Waals surface area contributed by atoms with Gasteiger partial charge in [-0.25, -0.2) is 0 Å². The molecule has 0 unspecified atom stereocenters. The van der Waals surface area contributed by atoms with E-state index < -0.39 is 0 Å². The Kier molecular flexibility index (Phi) is 4.73. The fourth-order valence-corrected chi connectivity index (χ4v) is 2.26. The fraction of sp³-hybridized carbons (Fsp3) is 0.500. The lowest BCUT2D eigenvalue weighted by Crippen LogP contribution is -2.40. The van der Waals surface area contributed by atoms with E-state index in [2.05, 4.69) is 17.0 Å². The first-order valence-electron chi connectivity index (χ1n) is 6.25. The van der Waals surface area contributed by atoms with Gasteiger partial charge >= 0.3 is 5.97 Å². The zero-order chi connectivity index (χ0) is 12.8. The molecule has 0 aliphatic carbocycles. The van der Waals surface area contributed by atoms with Crippen molar-refractivity contribution in [1.29, 1.82) is 0 Å². The van der Waals surface area contributed by atoms with Gasteiger partial charge in [-0.05, 0) is 5.56 Å². The maximum Gasteiger partial charge on any atom is 0.307 e. The van der Waals surface area contributed by atoms with Crippen molar-refractivity contribution in [2.45, 2.75) is 12.5 Å². The number of ether oxygens (including phenoxy) is 2. The molecule has 1 fully saturated rings. The minimum Gasteiger partial charge on any atom is -0.469 e. The Hall–Kier alpha value is -1.39. The second-order valence-corrected chi connectivity index (χ2v) is 4.36. The van der Waals surface area contributed by atoms with Crippen molar-refractivity contribution in [3.8, 4) is 0 Å². The molecule has 98 valence electrons. The summed E-state index contributed by atoms with van der Waals surface area (Å²) in [6, 6.07) is 10.2. The number of methoxy groups -OCH3 is 1. The van der Waals surface area contributed by atoms with Crippen LogP contribution in [0, 0.1) is 0 Å². The number of carbonyl (C=O) groups is 1. The second kappa shape index (κ2) is 6.52. The van der Waals surface area contributed by atoms with Gasteiger partial charge in [0.05, 0.1) is 26.7 Å². The predicted octanol–water partition coefficient (Wildman–Crippen LogP) is 1.62. The molecule has 1 aromatic rings. The molecule has 4 heteroatoms. The number of esters is 1. The fourth-order valence-electron chi connectivity index (χ4n) is 2.26. The van der Waals surface area contributed by atoms with Gasteiger partial charge in [0, 0.05) is 19.1 Å². The maximum atomic E-state index is 11.6. The molecule has 0 saturated carbocycles. The van der Waals surface area contributed by atoms with Crippen molar-refractivity contribution in [2.24, 2.45) is 0 Å². The van der Waals surface area contributed by atoms with E-state index in [1.807, 2.05) is 18.2 Å². The topological polar surface area (TPSA) is 38.8 Å². The van der Waals surface area contributed by atoms with Crippen molar-refractivity contribution in [2.75, 3.05) is 33.4 Å². The van der Waals surface area contributed by atoms with Crippen LogP contribution in [0.4, 0.5) is 0 Å². The van der Waals surface area contributed by atoms with Crippen LogP contribution in [-0.2, 0) is 14.3 Å². The average molecular weight is 249 g/mol. The Morgan fingerprint density at radius 2 is 2.00 bits per heavy atom. The lowest BCUT2D eigenvalue weighted by Gasteiger charge is -2.34. The summed E-state index contributed by atoms with van der Waals surface area (Å²) in [4.78, 5) is 13.8. The van der Waals surface area contributed by atoms with Crippen LogP contribution < -0.4 is 0 Å². The van der Waals surface area contributed by atoms with Crippen molar-refractivity contribution in [3.63, 3.8) is 0 Å². The van der Waals surface area contributed by atoms with Crippen LogP contribution >= 0.6 is 0 Å². The summed E-state index contributed by atoms with van der Waals surface area (Å²) in [6.07, 6.45) is 0.389. The summed E-state index contributed by atoms with van der Waals surface area (Å²) >= 11 is 0. The van der Waals surface area contributed by atoms with Crippen LogP contribution in [0.2, 0.25) is 0 Å². The van der Waals surface area contributed by atoms with Gasteiger partial charge in [0.1, 0.15) is 0 Å². The van der Waals surface area contributed by atoms with Gasteiger partial charge in [-0.2, -0.15) is 0 Å². The summed E-state index contributed by atoms with van der Waals surface area (Å²) in [7, 11) is 1.43. The SMILES string of the molecule is COC(=O)C[C@H](c1ccccc1)N1CCOCC1. The highest BCUT2D eigenvalue weighted by Crippen LogP contribution is 2.25. The molecule has 1 saturated heterocycles. The van der Waals surface area contributed by atoms with E-state index in [0.717, 1.165) is 31.9 Å². The normalized spacial score (nSPS) is 18.3. The molecule has 1 aliphatic heterocycles. The molecular formula is C14H19NO3. The van der Waals surface area contributed by atoms with Gasteiger partial charge in [0.15, 0.2) is 0 Å². The molecule has 1 aliphatic rings. The summed E-state index contributed by atoms with van der Waals surface area (Å²) in [5.74, 6) is -0.171. The van der Waals surface area contributed by atoms with Gasteiger partial charge in [0.2, 0.25) is 0 Å². The highest BCUT2D eigenvalue weighted by atomic mass is 16.5. The number of hydrogen-bond donors (Lipinski definition) is 0. The summed E-state index contributed by atoms with van der Waals surface area (Å²) in [5.41, 5.74) is 1.16. The van der Waals surface area contributed by atoms with Gasteiger partial charge < -0.3 is 9.47 Å². The van der Waals surface area contributed by atoms with E-state index in [4.69, 9.17) is 9.47 Å². The lowest BCUT2D eigenvalue weighted by atomic mass is 10.0.